The first-order chi connectivity index (χ1) is 5.21. The molecule has 0 heterocycles. The van der Waals surface area contributed by atoms with Crippen molar-refractivity contribution in [1.82, 2.24) is 4.90 Å². The molecule has 3 heteroatoms. The van der Waals surface area contributed by atoms with Crippen LogP contribution in [-0.4, -0.2) is 31.1 Å². The Hall–Kier alpha value is 0.210. The van der Waals surface area contributed by atoms with Crippen LogP contribution in [0.1, 0.15) is 32.1 Å². The zero-order valence-corrected chi connectivity index (χ0v) is 8.99. The smallest absolute Gasteiger partial charge is 0.0325 e. The summed E-state index contributed by atoms with van der Waals surface area (Å²) in [6, 6.07) is 0. The van der Waals surface area contributed by atoms with E-state index in [2.05, 4.69) is 19.0 Å². The fraction of sp³-hybridized carbons (Fsp3) is 1.00. The van der Waals surface area contributed by atoms with Crippen LogP contribution in [-0.2, 0) is 0 Å². The summed E-state index contributed by atoms with van der Waals surface area (Å²) in [6.07, 6.45) is 6.69. The zero-order chi connectivity index (χ0) is 8.32. The summed E-state index contributed by atoms with van der Waals surface area (Å²) in [5, 5.41) is 0. The lowest BCUT2D eigenvalue weighted by atomic mass is 9.81. The summed E-state index contributed by atoms with van der Waals surface area (Å²) in [4.78, 5) is 2.31. The third kappa shape index (κ3) is 2.35. The maximum Gasteiger partial charge on any atom is 0.0325 e. The lowest BCUT2D eigenvalue weighted by Crippen LogP contribution is -2.51. The molecule has 0 bridgehead atoms. The van der Waals surface area contributed by atoms with Crippen LogP contribution in [0, 0.1) is 0 Å². The predicted octanol–water partition coefficient (Wildman–Crippen LogP) is 1.63. The van der Waals surface area contributed by atoms with Crippen molar-refractivity contribution in [3.8, 4) is 0 Å². The maximum absolute atomic E-state index is 5.80. The number of halogens is 1. The Kier molecular flexibility index (Phi) is 5.14. The SMILES string of the molecule is CN(C)C1(CN)CCCCC1.Cl. The number of likely N-dealkylation sites (N-methyl/N-ethyl adjacent to an activating group) is 1. The molecule has 74 valence electrons. The van der Waals surface area contributed by atoms with Gasteiger partial charge in [0.1, 0.15) is 0 Å². The highest BCUT2D eigenvalue weighted by Gasteiger charge is 2.32. The molecule has 12 heavy (non-hydrogen) atoms. The van der Waals surface area contributed by atoms with Crippen molar-refractivity contribution >= 4 is 12.4 Å². The molecule has 0 atom stereocenters. The Labute approximate surface area is 81.9 Å². The van der Waals surface area contributed by atoms with Gasteiger partial charge in [0.25, 0.3) is 0 Å². The van der Waals surface area contributed by atoms with Crippen molar-refractivity contribution in [2.24, 2.45) is 5.73 Å². The normalized spacial score (nSPS) is 22.0. The van der Waals surface area contributed by atoms with E-state index in [-0.39, 0.29) is 12.4 Å². The van der Waals surface area contributed by atoms with Gasteiger partial charge >= 0.3 is 0 Å². The Morgan fingerprint density at radius 1 is 1.17 bits per heavy atom. The van der Waals surface area contributed by atoms with Crippen molar-refractivity contribution < 1.29 is 0 Å². The molecule has 0 unspecified atom stereocenters. The number of nitrogens with zero attached hydrogens (tertiary/aromatic N) is 1. The number of hydrogen-bond donors (Lipinski definition) is 1. The summed E-state index contributed by atoms with van der Waals surface area (Å²) in [6.45, 7) is 0.819. The lowest BCUT2D eigenvalue weighted by molar-refractivity contribution is 0.109. The minimum absolute atomic E-state index is 0. The predicted molar refractivity (Wildman–Crippen MR) is 55.8 cm³/mol. The van der Waals surface area contributed by atoms with Crippen LogP contribution in [0.4, 0.5) is 0 Å². The maximum atomic E-state index is 5.80. The molecule has 1 aliphatic carbocycles. The first-order valence-electron chi connectivity index (χ1n) is 4.59. The van der Waals surface area contributed by atoms with Crippen molar-refractivity contribution in [3.63, 3.8) is 0 Å². The number of rotatable bonds is 2. The lowest BCUT2D eigenvalue weighted by Gasteiger charge is -2.42. The molecule has 0 aromatic rings. The van der Waals surface area contributed by atoms with Gasteiger partial charge in [0.2, 0.25) is 0 Å². The zero-order valence-electron chi connectivity index (χ0n) is 8.18. The standard InChI is InChI=1S/C9H20N2.ClH/c1-11(2)9(8-10)6-4-3-5-7-9;/h3-8,10H2,1-2H3;1H. The second kappa shape index (κ2) is 5.05. The van der Waals surface area contributed by atoms with E-state index in [1.807, 2.05) is 0 Å². The minimum atomic E-state index is 0. The summed E-state index contributed by atoms with van der Waals surface area (Å²) in [7, 11) is 4.30. The summed E-state index contributed by atoms with van der Waals surface area (Å²) in [5.74, 6) is 0. The Morgan fingerprint density at radius 3 is 1.92 bits per heavy atom. The molecule has 0 saturated heterocycles. The molecule has 1 fully saturated rings. The van der Waals surface area contributed by atoms with Gasteiger partial charge in [-0.15, -0.1) is 12.4 Å². The topological polar surface area (TPSA) is 29.3 Å². The minimum Gasteiger partial charge on any atom is -0.329 e. The van der Waals surface area contributed by atoms with Gasteiger partial charge in [0.15, 0.2) is 0 Å². The molecule has 1 saturated carbocycles. The van der Waals surface area contributed by atoms with Crippen LogP contribution >= 0.6 is 12.4 Å². The van der Waals surface area contributed by atoms with Crippen molar-refractivity contribution in [1.29, 1.82) is 0 Å². The molecule has 2 nitrogen and oxygen atoms in total. The average Bonchev–Trinajstić information content (AvgIpc) is 2.05. The van der Waals surface area contributed by atoms with Gasteiger partial charge < -0.3 is 10.6 Å². The van der Waals surface area contributed by atoms with Gasteiger partial charge in [-0.2, -0.15) is 0 Å². The first kappa shape index (κ1) is 12.2. The highest BCUT2D eigenvalue weighted by atomic mass is 35.5. The van der Waals surface area contributed by atoms with Gasteiger partial charge in [-0.3, -0.25) is 0 Å². The van der Waals surface area contributed by atoms with Crippen LogP contribution in [0.25, 0.3) is 0 Å². The highest BCUT2D eigenvalue weighted by Crippen LogP contribution is 2.30. The molecule has 0 spiro atoms. The number of hydrogen-bond acceptors (Lipinski definition) is 2. The summed E-state index contributed by atoms with van der Waals surface area (Å²) < 4.78 is 0. The molecule has 0 aromatic carbocycles. The summed E-state index contributed by atoms with van der Waals surface area (Å²) >= 11 is 0. The molecule has 1 aliphatic rings. The fourth-order valence-electron chi connectivity index (χ4n) is 2.04. The van der Waals surface area contributed by atoms with E-state index in [1.54, 1.807) is 0 Å². The molecule has 0 amide bonds. The molecular formula is C9H21ClN2. The second-order valence-corrected chi connectivity index (χ2v) is 3.88. The molecule has 0 aromatic heterocycles. The fourth-order valence-corrected chi connectivity index (χ4v) is 2.04. The largest absolute Gasteiger partial charge is 0.329 e. The van der Waals surface area contributed by atoms with Gasteiger partial charge in [-0.1, -0.05) is 19.3 Å². The molecular weight excluding hydrogens is 172 g/mol. The first-order valence-corrected chi connectivity index (χ1v) is 4.59. The van der Waals surface area contributed by atoms with Crippen LogP contribution in [0.2, 0.25) is 0 Å². The Morgan fingerprint density at radius 2 is 1.67 bits per heavy atom. The Balaban J connectivity index is 0.00000121. The van der Waals surface area contributed by atoms with Gasteiger partial charge in [-0.05, 0) is 26.9 Å². The average molecular weight is 193 g/mol. The van der Waals surface area contributed by atoms with Crippen molar-refractivity contribution in [2.45, 2.75) is 37.6 Å². The molecule has 2 N–H and O–H groups in total. The third-order valence-corrected chi connectivity index (χ3v) is 3.11. The Bertz CT molecular complexity index is 120. The van der Waals surface area contributed by atoms with Crippen molar-refractivity contribution in [2.75, 3.05) is 20.6 Å². The number of nitrogens with two attached hydrogens (primary N) is 1. The van der Waals surface area contributed by atoms with E-state index in [1.165, 1.54) is 32.1 Å². The van der Waals surface area contributed by atoms with Gasteiger partial charge in [0.05, 0.1) is 0 Å². The highest BCUT2D eigenvalue weighted by molar-refractivity contribution is 5.85. The monoisotopic (exact) mass is 192 g/mol. The molecule has 1 rings (SSSR count). The van der Waals surface area contributed by atoms with E-state index in [0.717, 1.165) is 6.54 Å². The van der Waals surface area contributed by atoms with E-state index in [4.69, 9.17) is 5.73 Å². The van der Waals surface area contributed by atoms with Crippen LogP contribution in [0.15, 0.2) is 0 Å². The second-order valence-electron chi connectivity index (χ2n) is 3.88. The van der Waals surface area contributed by atoms with Crippen LogP contribution < -0.4 is 5.73 Å². The third-order valence-electron chi connectivity index (χ3n) is 3.11. The van der Waals surface area contributed by atoms with Crippen LogP contribution in [0.3, 0.4) is 0 Å². The summed E-state index contributed by atoms with van der Waals surface area (Å²) in [5.41, 5.74) is 6.13. The quantitative estimate of drug-likeness (QED) is 0.721. The van der Waals surface area contributed by atoms with E-state index >= 15 is 0 Å². The van der Waals surface area contributed by atoms with Crippen LogP contribution in [0.5, 0.6) is 0 Å². The van der Waals surface area contributed by atoms with E-state index in [9.17, 15) is 0 Å². The van der Waals surface area contributed by atoms with Gasteiger partial charge in [-0.25, -0.2) is 0 Å². The molecule has 0 aliphatic heterocycles. The van der Waals surface area contributed by atoms with E-state index in [0.29, 0.717) is 5.54 Å². The van der Waals surface area contributed by atoms with Gasteiger partial charge in [0, 0.05) is 12.1 Å². The van der Waals surface area contributed by atoms with Crippen molar-refractivity contribution in [3.05, 3.63) is 0 Å². The molecule has 0 radical (unpaired) electrons. The van der Waals surface area contributed by atoms with E-state index < -0.39 is 0 Å².